The Hall–Kier alpha value is -0.910. The van der Waals surface area contributed by atoms with E-state index < -0.39 is 6.08 Å². The first-order valence-electron chi connectivity index (χ1n) is 4.57. The average Bonchev–Trinajstić information content (AvgIpc) is 2.60. The molecule has 84 valence electrons. The van der Waals surface area contributed by atoms with Crippen molar-refractivity contribution in [1.82, 2.24) is 10.2 Å². The van der Waals surface area contributed by atoms with E-state index in [1.54, 1.807) is 0 Å². The van der Waals surface area contributed by atoms with Crippen molar-refractivity contribution in [3.63, 3.8) is 0 Å². The van der Waals surface area contributed by atoms with Crippen molar-refractivity contribution in [2.45, 2.75) is 31.4 Å². The van der Waals surface area contributed by atoms with Gasteiger partial charge in [-0.2, -0.15) is 8.78 Å². The number of nitrogens with zero attached hydrogens (tertiary/aromatic N) is 2. The van der Waals surface area contributed by atoms with E-state index in [0.717, 1.165) is 6.08 Å². The number of rotatable bonds is 5. The van der Waals surface area contributed by atoms with Gasteiger partial charge in [0.05, 0.1) is 0 Å². The molecule has 1 heterocycles. The van der Waals surface area contributed by atoms with E-state index in [1.165, 1.54) is 11.8 Å². The first-order valence-corrected chi connectivity index (χ1v) is 5.55. The molecule has 0 saturated carbocycles. The van der Waals surface area contributed by atoms with Crippen LogP contribution in [-0.4, -0.2) is 16.0 Å². The summed E-state index contributed by atoms with van der Waals surface area (Å²) in [6, 6.07) is 0. The average molecular weight is 234 g/mol. The zero-order valence-electron chi connectivity index (χ0n) is 8.54. The van der Waals surface area contributed by atoms with Gasteiger partial charge in [0.25, 0.3) is 11.3 Å². The molecule has 6 heteroatoms. The van der Waals surface area contributed by atoms with E-state index >= 15 is 0 Å². The topological polar surface area (TPSA) is 38.9 Å². The lowest BCUT2D eigenvalue weighted by atomic mass is 10.2. The molecule has 0 spiro atoms. The maximum atomic E-state index is 11.7. The highest BCUT2D eigenvalue weighted by molar-refractivity contribution is 7.99. The molecule has 0 bridgehead atoms. The SMILES string of the molecule is CC(C)c1nnc(SCCC=C(F)F)o1. The highest BCUT2D eigenvalue weighted by atomic mass is 32.2. The molecule has 0 aliphatic carbocycles. The minimum atomic E-state index is -1.65. The number of thioether (sulfide) groups is 1. The maximum absolute atomic E-state index is 11.7. The van der Waals surface area contributed by atoms with Crippen molar-refractivity contribution in [1.29, 1.82) is 0 Å². The molecule has 0 fully saturated rings. The van der Waals surface area contributed by atoms with Crippen LogP contribution in [0, 0.1) is 0 Å². The van der Waals surface area contributed by atoms with Gasteiger partial charge in [0, 0.05) is 11.7 Å². The van der Waals surface area contributed by atoms with E-state index in [2.05, 4.69) is 10.2 Å². The second-order valence-electron chi connectivity index (χ2n) is 3.19. The molecular weight excluding hydrogens is 222 g/mol. The van der Waals surface area contributed by atoms with Crippen LogP contribution in [0.4, 0.5) is 8.78 Å². The summed E-state index contributed by atoms with van der Waals surface area (Å²) in [6.07, 6.45) is -0.469. The molecule has 3 nitrogen and oxygen atoms in total. The summed E-state index contributed by atoms with van der Waals surface area (Å²) in [5, 5.41) is 8.06. The minimum absolute atomic E-state index is 0.190. The number of aromatic nitrogens is 2. The second-order valence-corrected chi connectivity index (χ2v) is 4.24. The molecule has 1 rings (SSSR count). The molecular formula is C9H12F2N2OS. The molecule has 0 aliphatic heterocycles. The van der Waals surface area contributed by atoms with Gasteiger partial charge in [0.2, 0.25) is 5.89 Å². The van der Waals surface area contributed by atoms with Crippen molar-refractivity contribution in [2.75, 3.05) is 5.75 Å². The lowest BCUT2D eigenvalue weighted by Crippen LogP contribution is -1.85. The molecule has 0 radical (unpaired) electrons. The first-order chi connectivity index (χ1) is 7.09. The predicted molar refractivity (Wildman–Crippen MR) is 54.0 cm³/mol. The normalized spacial score (nSPS) is 10.7. The Morgan fingerprint density at radius 3 is 2.73 bits per heavy atom. The van der Waals surface area contributed by atoms with E-state index in [1.807, 2.05) is 13.8 Å². The highest BCUT2D eigenvalue weighted by Crippen LogP contribution is 2.21. The summed E-state index contributed by atoms with van der Waals surface area (Å²) in [4.78, 5) is 0. The van der Waals surface area contributed by atoms with Gasteiger partial charge in [-0.05, 0) is 12.5 Å². The Morgan fingerprint density at radius 2 is 2.20 bits per heavy atom. The fourth-order valence-electron chi connectivity index (χ4n) is 0.826. The van der Waals surface area contributed by atoms with Gasteiger partial charge in [-0.3, -0.25) is 0 Å². The van der Waals surface area contributed by atoms with Crippen molar-refractivity contribution >= 4 is 11.8 Å². The zero-order valence-corrected chi connectivity index (χ0v) is 9.35. The third kappa shape index (κ3) is 4.42. The molecule has 0 amide bonds. The van der Waals surface area contributed by atoms with Crippen LogP contribution in [0.2, 0.25) is 0 Å². The van der Waals surface area contributed by atoms with Gasteiger partial charge < -0.3 is 4.42 Å². The van der Waals surface area contributed by atoms with E-state index in [0.29, 0.717) is 23.3 Å². The van der Waals surface area contributed by atoms with Crippen molar-refractivity contribution in [3.05, 3.63) is 18.0 Å². The van der Waals surface area contributed by atoms with E-state index in [9.17, 15) is 8.78 Å². The number of hydrogen-bond acceptors (Lipinski definition) is 4. The van der Waals surface area contributed by atoms with Crippen LogP contribution in [0.3, 0.4) is 0 Å². The van der Waals surface area contributed by atoms with Crippen LogP contribution >= 0.6 is 11.8 Å². The lowest BCUT2D eigenvalue weighted by Gasteiger charge is -1.94. The second kappa shape index (κ2) is 5.85. The summed E-state index contributed by atoms with van der Waals surface area (Å²) in [5.41, 5.74) is 0. The minimum Gasteiger partial charge on any atom is -0.416 e. The largest absolute Gasteiger partial charge is 0.416 e. The number of hydrogen-bond donors (Lipinski definition) is 0. The summed E-state index contributed by atoms with van der Waals surface area (Å²) in [6.45, 7) is 3.90. The third-order valence-electron chi connectivity index (χ3n) is 1.56. The standard InChI is InChI=1S/C9H12F2N2OS/c1-6(2)8-12-13-9(14-8)15-5-3-4-7(10)11/h4,6H,3,5H2,1-2H3. The summed E-state index contributed by atoms with van der Waals surface area (Å²) < 4.78 is 28.6. The predicted octanol–water partition coefficient (Wildman–Crippen LogP) is 3.46. The van der Waals surface area contributed by atoms with Crippen LogP contribution in [0.1, 0.15) is 32.1 Å². The molecule has 0 aromatic carbocycles. The van der Waals surface area contributed by atoms with Crippen LogP contribution in [0.15, 0.2) is 21.8 Å². The molecule has 0 atom stereocenters. The van der Waals surface area contributed by atoms with Crippen LogP contribution in [-0.2, 0) is 0 Å². The molecule has 0 saturated heterocycles. The van der Waals surface area contributed by atoms with E-state index in [4.69, 9.17) is 4.42 Å². The van der Waals surface area contributed by atoms with Crippen LogP contribution < -0.4 is 0 Å². The zero-order chi connectivity index (χ0) is 11.3. The van der Waals surface area contributed by atoms with Gasteiger partial charge in [-0.15, -0.1) is 10.2 Å². The third-order valence-corrected chi connectivity index (χ3v) is 2.41. The Labute approximate surface area is 91.0 Å². The molecule has 0 unspecified atom stereocenters. The molecule has 15 heavy (non-hydrogen) atoms. The van der Waals surface area contributed by atoms with Gasteiger partial charge in [-0.25, -0.2) is 0 Å². The van der Waals surface area contributed by atoms with Gasteiger partial charge in [0.1, 0.15) is 0 Å². The number of allylic oxidation sites excluding steroid dienone is 1. The molecule has 1 aromatic rings. The Bertz CT molecular complexity index is 335. The Balaban J connectivity index is 2.35. The van der Waals surface area contributed by atoms with Gasteiger partial charge in [-0.1, -0.05) is 25.6 Å². The molecule has 1 aromatic heterocycles. The fraction of sp³-hybridized carbons (Fsp3) is 0.556. The van der Waals surface area contributed by atoms with Crippen molar-refractivity contribution in [2.24, 2.45) is 0 Å². The summed E-state index contributed by atoms with van der Waals surface area (Å²) in [7, 11) is 0. The molecule has 0 aliphatic rings. The number of halogens is 2. The van der Waals surface area contributed by atoms with Crippen LogP contribution in [0.5, 0.6) is 0 Å². The Kier molecular flexibility index (Phi) is 4.74. The van der Waals surface area contributed by atoms with Crippen molar-refractivity contribution in [3.8, 4) is 0 Å². The van der Waals surface area contributed by atoms with E-state index in [-0.39, 0.29) is 5.92 Å². The van der Waals surface area contributed by atoms with Crippen LogP contribution in [0.25, 0.3) is 0 Å². The summed E-state index contributed by atoms with van der Waals surface area (Å²) >= 11 is 1.28. The first kappa shape index (κ1) is 12.2. The maximum Gasteiger partial charge on any atom is 0.276 e. The smallest absolute Gasteiger partial charge is 0.276 e. The summed E-state index contributed by atoms with van der Waals surface area (Å²) in [5.74, 6) is 1.27. The van der Waals surface area contributed by atoms with Gasteiger partial charge in [0.15, 0.2) is 0 Å². The lowest BCUT2D eigenvalue weighted by molar-refractivity contribution is 0.398. The quantitative estimate of drug-likeness (QED) is 0.577. The monoisotopic (exact) mass is 234 g/mol. The highest BCUT2D eigenvalue weighted by Gasteiger charge is 2.09. The van der Waals surface area contributed by atoms with Crippen molar-refractivity contribution < 1.29 is 13.2 Å². The Morgan fingerprint density at radius 1 is 1.47 bits per heavy atom. The fourth-order valence-corrected chi connectivity index (χ4v) is 1.48. The van der Waals surface area contributed by atoms with Gasteiger partial charge >= 0.3 is 0 Å². The molecule has 0 N–H and O–H groups in total.